The minimum Gasteiger partial charge on any atom is -0.397 e. The fourth-order valence-corrected chi connectivity index (χ4v) is 2.94. The number of nitrogens with one attached hydrogen (secondary N) is 1. The fourth-order valence-electron chi connectivity index (χ4n) is 2.17. The number of anilines is 2. The topological polar surface area (TPSA) is 63.8 Å². The molecule has 0 bridgehead atoms. The quantitative estimate of drug-likeness (QED) is 0.719. The average Bonchev–Trinajstić information content (AvgIpc) is 2.89. The molecule has 1 atom stereocenters. The van der Waals surface area contributed by atoms with E-state index in [1.165, 1.54) is 4.88 Å². The van der Waals surface area contributed by atoms with E-state index in [1.54, 1.807) is 17.5 Å². The maximum atomic E-state index is 6.23. The van der Waals surface area contributed by atoms with Gasteiger partial charge in [0.05, 0.1) is 22.9 Å². The van der Waals surface area contributed by atoms with Gasteiger partial charge in [0.15, 0.2) is 0 Å². The van der Waals surface area contributed by atoms with Crippen LogP contribution in [0.5, 0.6) is 0 Å². The Morgan fingerprint density at radius 1 is 1.25 bits per heavy atom. The number of benzene rings is 1. The van der Waals surface area contributed by atoms with Crippen LogP contribution in [0.3, 0.4) is 0 Å². The van der Waals surface area contributed by atoms with E-state index in [-0.39, 0.29) is 6.04 Å². The van der Waals surface area contributed by atoms with Crippen molar-refractivity contribution in [2.45, 2.75) is 19.9 Å². The molecule has 2 aromatic heterocycles. The molecule has 1 unspecified atom stereocenters. The fraction of sp³-hybridized carbons (Fsp3) is 0.200. The van der Waals surface area contributed by atoms with Gasteiger partial charge in [0.2, 0.25) is 0 Å². The van der Waals surface area contributed by atoms with Gasteiger partial charge in [-0.3, -0.25) is 4.98 Å². The number of nitrogen functional groups attached to an aromatic ring is 1. The molecular weight excluding hydrogens is 268 g/mol. The first-order valence-corrected chi connectivity index (χ1v) is 7.29. The van der Waals surface area contributed by atoms with Crippen molar-refractivity contribution >= 4 is 33.6 Å². The number of aryl methyl sites for hydroxylation is 1. The number of aromatic nitrogens is 2. The Morgan fingerprint density at radius 2 is 2.10 bits per heavy atom. The van der Waals surface area contributed by atoms with Gasteiger partial charge in [0.1, 0.15) is 5.01 Å². The number of nitrogens with two attached hydrogens (primary N) is 1. The molecule has 20 heavy (non-hydrogen) atoms. The molecule has 0 radical (unpaired) electrons. The largest absolute Gasteiger partial charge is 0.397 e. The molecule has 3 N–H and O–H groups in total. The predicted octanol–water partition coefficient (Wildman–Crippen LogP) is 3.76. The number of fused-ring (bicyclic) bond motifs is 1. The van der Waals surface area contributed by atoms with E-state index in [0.717, 1.165) is 27.3 Å². The zero-order chi connectivity index (χ0) is 14.1. The standard InChI is InChI=1S/C15H16N4S/c1-9-8-18-15(20-9)10(2)19-13-6-5-12-11(14(13)16)4-3-7-17-12/h3-8,10,19H,16H2,1-2H3. The molecule has 0 aliphatic heterocycles. The third-order valence-electron chi connectivity index (χ3n) is 3.21. The number of pyridine rings is 1. The van der Waals surface area contributed by atoms with Crippen LogP contribution in [0.25, 0.3) is 10.9 Å². The summed E-state index contributed by atoms with van der Waals surface area (Å²) in [5, 5.41) is 5.46. The lowest BCUT2D eigenvalue weighted by atomic mass is 10.1. The van der Waals surface area contributed by atoms with E-state index in [2.05, 4.69) is 29.1 Å². The number of nitrogens with zero attached hydrogens (tertiary/aromatic N) is 2. The van der Waals surface area contributed by atoms with Crippen LogP contribution in [-0.2, 0) is 0 Å². The van der Waals surface area contributed by atoms with Gasteiger partial charge in [0.25, 0.3) is 0 Å². The first-order chi connectivity index (χ1) is 9.65. The molecule has 2 heterocycles. The lowest BCUT2D eigenvalue weighted by Crippen LogP contribution is -2.08. The predicted molar refractivity (Wildman–Crippen MR) is 85.0 cm³/mol. The molecule has 102 valence electrons. The van der Waals surface area contributed by atoms with Gasteiger partial charge in [-0.1, -0.05) is 0 Å². The lowest BCUT2D eigenvalue weighted by molar-refractivity contribution is 0.870. The van der Waals surface area contributed by atoms with Gasteiger partial charge < -0.3 is 11.1 Å². The number of hydrogen-bond acceptors (Lipinski definition) is 5. The summed E-state index contributed by atoms with van der Waals surface area (Å²) < 4.78 is 0. The van der Waals surface area contributed by atoms with Crippen molar-refractivity contribution in [2.75, 3.05) is 11.1 Å². The second kappa shape index (κ2) is 5.09. The summed E-state index contributed by atoms with van der Waals surface area (Å²) in [4.78, 5) is 9.92. The van der Waals surface area contributed by atoms with Crippen molar-refractivity contribution in [2.24, 2.45) is 0 Å². The van der Waals surface area contributed by atoms with Gasteiger partial charge in [-0.25, -0.2) is 4.98 Å². The minimum atomic E-state index is 0.130. The lowest BCUT2D eigenvalue weighted by Gasteiger charge is -2.15. The third kappa shape index (κ3) is 2.32. The summed E-state index contributed by atoms with van der Waals surface area (Å²) >= 11 is 1.70. The Kier molecular flexibility index (Phi) is 3.28. The summed E-state index contributed by atoms with van der Waals surface area (Å²) in [5.74, 6) is 0. The number of thiazole rings is 1. The highest BCUT2D eigenvalue weighted by Crippen LogP contribution is 2.31. The molecule has 0 spiro atoms. The van der Waals surface area contributed by atoms with Crippen molar-refractivity contribution in [3.8, 4) is 0 Å². The van der Waals surface area contributed by atoms with Crippen molar-refractivity contribution in [3.05, 3.63) is 46.5 Å². The molecule has 0 saturated carbocycles. The molecule has 1 aromatic carbocycles. The van der Waals surface area contributed by atoms with Gasteiger partial charge in [0, 0.05) is 22.7 Å². The highest BCUT2D eigenvalue weighted by atomic mass is 32.1. The van der Waals surface area contributed by atoms with Crippen molar-refractivity contribution < 1.29 is 0 Å². The van der Waals surface area contributed by atoms with E-state index < -0.39 is 0 Å². The molecule has 0 aliphatic carbocycles. The van der Waals surface area contributed by atoms with Crippen molar-refractivity contribution in [1.29, 1.82) is 0 Å². The molecule has 0 fully saturated rings. The molecule has 3 aromatic rings. The summed E-state index contributed by atoms with van der Waals surface area (Å²) in [6.45, 7) is 4.15. The molecule has 0 amide bonds. The summed E-state index contributed by atoms with van der Waals surface area (Å²) in [7, 11) is 0. The van der Waals surface area contributed by atoms with E-state index in [9.17, 15) is 0 Å². The maximum Gasteiger partial charge on any atom is 0.115 e. The highest BCUT2D eigenvalue weighted by Gasteiger charge is 2.12. The number of hydrogen-bond donors (Lipinski definition) is 2. The Morgan fingerprint density at radius 3 is 2.85 bits per heavy atom. The van der Waals surface area contributed by atoms with E-state index >= 15 is 0 Å². The molecular formula is C15H16N4S. The van der Waals surface area contributed by atoms with Crippen LogP contribution in [0.2, 0.25) is 0 Å². The summed E-state index contributed by atoms with van der Waals surface area (Å²) in [5.41, 5.74) is 8.80. The molecule has 0 saturated heterocycles. The summed E-state index contributed by atoms with van der Waals surface area (Å²) in [6, 6.07) is 7.97. The van der Waals surface area contributed by atoms with Crippen molar-refractivity contribution in [1.82, 2.24) is 9.97 Å². The Labute approximate surface area is 121 Å². The monoisotopic (exact) mass is 284 g/mol. The molecule has 5 heteroatoms. The zero-order valence-electron chi connectivity index (χ0n) is 11.4. The van der Waals surface area contributed by atoms with Gasteiger partial charge in [-0.05, 0) is 38.1 Å². The maximum absolute atomic E-state index is 6.23. The molecule has 0 aliphatic rings. The summed E-state index contributed by atoms with van der Waals surface area (Å²) in [6.07, 6.45) is 3.67. The first kappa shape index (κ1) is 12.9. The zero-order valence-corrected chi connectivity index (χ0v) is 12.2. The highest BCUT2D eigenvalue weighted by molar-refractivity contribution is 7.11. The second-order valence-electron chi connectivity index (χ2n) is 4.77. The van der Waals surface area contributed by atoms with Crippen LogP contribution in [-0.4, -0.2) is 9.97 Å². The van der Waals surface area contributed by atoms with Crippen LogP contribution >= 0.6 is 11.3 Å². The minimum absolute atomic E-state index is 0.130. The third-order valence-corrected chi connectivity index (χ3v) is 4.30. The Balaban J connectivity index is 1.93. The average molecular weight is 284 g/mol. The van der Waals surface area contributed by atoms with Crippen LogP contribution < -0.4 is 11.1 Å². The Hall–Kier alpha value is -2.14. The van der Waals surface area contributed by atoms with Crippen molar-refractivity contribution in [3.63, 3.8) is 0 Å². The smallest absolute Gasteiger partial charge is 0.115 e. The molecule has 4 nitrogen and oxygen atoms in total. The van der Waals surface area contributed by atoms with Gasteiger partial charge in [-0.2, -0.15) is 0 Å². The number of rotatable bonds is 3. The second-order valence-corrected chi connectivity index (χ2v) is 6.04. The van der Waals surface area contributed by atoms with E-state index in [4.69, 9.17) is 5.73 Å². The van der Waals surface area contributed by atoms with Crippen LogP contribution in [0, 0.1) is 6.92 Å². The van der Waals surface area contributed by atoms with Gasteiger partial charge >= 0.3 is 0 Å². The van der Waals surface area contributed by atoms with Crippen LogP contribution in [0.1, 0.15) is 22.9 Å². The van der Waals surface area contributed by atoms with Crippen LogP contribution in [0.4, 0.5) is 11.4 Å². The normalized spacial score (nSPS) is 12.5. The van der Waals surface area contributed by atoms with Crippen LogP contribution in [0.15, 0.2) is 36.7 Å². The van der Waals surface area contributed by atoms with E-state index in [1.807, 2.05) is 30.5 Å². The molecule has 3 rings (SSSR count). The SMILES string of the molecule is Cc1cnc(C(C)Nc2ccc3ncccc3c2N)s1. The first-order valence-electron chi connectivity index (χ1n) is 6.47. The van der Waals surface area contributed by atoms with Gasteiger partial charge in [-0.15, -0.1) is 11.3 Å². The van der Waals surface area contributed by atoms with E-state index in [0.29, 0.717) is 0 Å². The Bertz CT molecular complexity index is 750.